The summed E-state index contributed by atoms with van der Waals surface area (Å²) in [6.07, 6.45) is 2.53. The Bertz CT molecular complexity index is 210. The quantitative estimate of drug-likeness (QED) is 0.779. The maximum absolute atomic E-state index is 6.10. The first kappa shape index (κ1) is 14.3. The summed E-state index contributed by atoms with van der Waals surface area (Å²) >= 11 is 2.09. The molecule has 16 heavy (non-hydrogen) atoms. The molecular weight excluding hydrogens is 216 g/mol. The van der Waals surface area contributed by atoms with Crippen molar-refractivity contribution in [1.82, 2.24) is 4.90 Å². The molecule has 2 N–H and O–H groups in total. The molecule has 1 heterocycles. The fourth-order valence-electron chi connectivity index (χ4n) is 2.71. The van der Waals surface area contributed by atoms with Crippen LogP contribution in [0.2, 0.25) is 0 Å². The lowest BCUT2D eigenvalue weighted by atomic mass is 9.89. The SMILES string of the molecule is CCC(C)CN(CC)C1(CN)CCSC1C. The second kappa shape index (κ2) is 6.27. The van der Waals surface area contributed by atoms with Crippen LogP contribution in [-0.4, -0.2) is 41.1 Å². The second-order valence-electron chi connectivity index (χ2n) is 5.12. The zero-order chi connectivity index (χ0) is 12.2. The van der Waals surface area contributed by atoms with E-state index in [0.29, 0.717) is 5.25 Å². The van der Waals surface area contributed by atoms with Crippen LogP contribution in [-0.2, 0) is 0 Å². The minimum atomic E-state index is 0.267. The molecule has 0 amide bonds. The van der Waals surface area contributed by atoms with Crippen molar-refractivity contribution in [2.45, 2.75) is 51.3 Å². The van der Waals surface area contributed by atoms with Gasteiger partial charge in [-0.3, -0.25) is 4.90 Å². The van der Waals surface area contributed by atoms with Gasteiger partial charge in [-0.05, 0) is 24.6 Å². The lowest BCUT2D eigenvalue weighted by molar-refractivity contribution is 0.0864. The van der Waals surface area contributed by atoms with Crippen LogP contribution in [0.15, 0.2) is 0 Å². The first-order valence-corrected chi connectivity index (χ1v) is 7.72. The van der Waals surface area contributed by atoms with E-state index in [1.54, 1.807) is 0 Å². The summed E-state index contributed by atoms with van der Waals surface area (Å²) < 4.78 is 0. The third kappa shape index (κ3) is 2.74. The molecule has 0 aliphatic carbocycles. The Labute approximate surface area is 105 Å². The molecule has 96 valence electrons. The number of likely N-dealkylation sites (N-methyl/N-ethyl adjacent to an activating group) is 1. The third-order valence-corrected chi connectivity index (χ3v) is 5.63. The van der Waals surface area contributed by atoms with Crippen molar-refractivity contribution in [2.24, 2.45) is 11.7 Å². The molecule has 3 atom stereocenters. The van der Waals surface area contributed by atoms with Crippen molar-refractivity contribution in [1.29, 1.82) is 0 Å². The van der Waals surface area contributed by atoms with Gasteiger partial charge in [0.2, 0.25) is 0 Å². The van der Waals surface area contributed by atoms with Crippen LogP contribution in [0.3, 0.4) is 0 Å². The van der Waals surface area contributed by atoms with Crippen LogP contribution in [0.4, 0.5) is 0 Å². The lowest BCUT2D eigenvalue weighted by Crippen LogP contribution is -2.58. The van der Waals surface area contributed by atoms with Gasteiger partial charge in [-0.15, -0.1) is 0 Å². The Morgan fingerprint density at radius 1 is 1.50 bits per heavy atom. The van der Waals surface area contributed by atoms with Crippen LogP contribution < -0.4 is 5.73 Å². The highest BCUT2D eigenvalue weighted by Gasteiger charge is 2.44. The van der Waals surface area contributed by atoms with Gasteiger partial charge < -0.3 is 5.73 Å². The van der Waals surface area contributed by atoms with E-state index in [9.17, 15) is 0 Å². The molecule has 1 fully saturated rings. The highest BCUT2D eigenvalue weighted by atomic mass is 32.2. The molecular formula is C13H28N2S. The smallest absolute Gasteiger partial charge is 0.0455 e. The van der Waals surface area contributed by atoms with Gasteiger partial charge in [0.05, 0.1) is 0 Å². The highest BCUT2D eigenvalue weighted by Crippen LogP contribution is 2.39. The molecule has 0 aromatic carbocycles. The normalized spacial score (nSPS) is 32.2. The standard InChI is InChI=1S/C13H28N2S/c1-5-11(3)9-15(6-2)13(10-14)7-8-16-12(13)4/h11-12H,5-10,14H2,1-4H3. The maximum Gasteiger partial charge on any atom is 0.0455 e. The number of nitrogens with zero attached hydrogens (tertiary/aromatic N) is 1. The number of nitrogens with two attached hydrogens (primary N) is 1. The molecule has 0 aromatic rings. The number of hydrogen-bond acceptors (Lipinski definition) is 3. The van der Waals surface area contributed by atoms with Crippen molar-refractivity contribution in [2.75, 3.05) is 25.4 Å². The zero-order valence-electron chi connectivity index (χ0n) is 11.3. The summed E-state index contributed by atoms with van der Waals surface area (Å²) in [6, 6.07) is 0. The summed E-state index contributed by atoms with van der Waals surface area (Å²) in [6.45, 7) is 12.4. The van der Waals surface area contributed by atoms with Crippen molar-refractivity contribution < 1.29 is 0 Å². The van der Waals surface area contributed by atoms with E-state index in [2.05, 4.69) is 44.4 Å². The molecule has 3 unspecified atom stereocenters. The lowest BCUT2D eigenvalue weighted by Gasteiger charge is -2.44. The van der Waals surface area contributed by atoms with Crippen molar-refractivity contribution in [3.05, 3.63) is 0 Å². The van der Waals surface area contributed by atoms with Crippen LogP contribution in [0.1, 0.15) is 40.5 Å². The summed E-state index contributed by atoms with van der Waals surface area (Å²) in [5.41, 5.74) is 6.36. The fraction of sp³-hybridized carbons (Fsp3) is 1.00. The van der Waals surface area contributed by atoms with E-state index in [1.165, 1.54) is 25.1 Å². The molecule has 0 bridgehead atoms. The monoisotopic (exact) mass is 244 g/mol. The molecule has 0 saturated carbocycles. The molecule has 0 aromatic heterocycles. The van der Waals surface area contributed by atoms with Crippen molar-refractivity contribution in [3.63, 3.8) is 0 Å². The Morgan fingerprint density at radius 3 is 2.56 bits per heavy atom. The molecule has 1 aliphatic rings. The number of thioether (sulfide) groups is 1. The maximum atomic E-state index is 6.10. The molecule has 3 heteroatoms. The van der Waals surface area contributed by atoms with Gasteiger partial charge in [0.25, 0.3) is 0 Å². The predicted molar refractivity (Wildman–Crippen MR) is 75.0 cm³/mol. The molecule has 1 rings (SSSR count). The van der Waals surface area contributed by atoms with Crippen LogP contribution in [0, 0.1) is 5.92 Å². The van der Waals surface area contributed by atoms with Gasteiger partial charge in [-0.2, -0.15) is 11.8 Å². The third-order valence-electron chi connectivity index (χ3n) is 4.25. The molecule has 1 saturated heterocycles. The average Bonchev–Trinajstić information content (AvgIpc) is 2.68. The minimum Gasteiger partial charge on any atom is -0.329 e. The fourth-order valence-corrected chi connectivity index (χ4v) is 4.21. The Hall–Kier alpha value is 0.270. The Kier molecular flexibility index (Phi) is 5.62. The van der Waals surface area contributed by atoms with Gasteiger partial charge in [0, 0.05) is 23.9 Å². The van der Waals surface area contributed by atoms with Gasteiger partial charge in [0.1, 0.15) is 0 Å². The summed E-state index contributed by atoms with van der Waals surface area (Å²) in [4.78, 5) is 2.64. The first-order chi connectivity index (χ1) is 7.60. The molecule has 1 aliphatic heterocycles. The van der Waals surface area contributed by atoms with E-state index in [-0.39, 0.29) is 5.54 Å². The van der Waals surface area contributed by atoms with E-state index in [4.69, 9.17) is 5.73 Å². The van der Waals surface area contributed by atoms with Crippen molar-refractivity contribution >= 4 is 11.8 Å². The van der Waals surface area contributed by atoms with Crippen LogP contribution in [0.5, 0.6) is 0 Å². The van der Waals surface area contributed by atoms with Crippen molar-refractivity contribution in [3.8, 4) is 0 Å². The van der Waals surface area contributed by atoms with Gasteiger partial charge in [-0.1, -0.05) is 34.1 Å². The Balaban J connectivity index is 2.75. The first-order valence-electron chi connectivity index (χ1n) is 6.67. The average molecular weight is 244 g/mol. The summed E-state index contributed by atoms with van der Waals surface area (Å²) in [5.74, 6) is 2.05. The van der Waals surface area contributed by atoms with Gasteiger partial charge in [0.15, 0.2) is 0 Å². The molecule has 0 spiro atoms. The Morgan fingerprint density at radius 2 is 2.19 bits per heavy atom. The minimum absolute atomic E-state index is 0.267. The number of hydrogen-bond donors (Lipinski definition) is 1. The van der Waals surface area contributed by atoms with E-state index in [1.807, 2.05) is 0 Å². The summed E-state index contributed by atoms with van der Waals surface area (Å²) in [5, 5.41) is 0.682. The van der Waals surface area contributed by atoms with Gasteiger partial charge in [-0.25, -0.2) is 0 Å². The largest absolute Gasteiger partial charge is 0.329 e. The van der Waals surface area contributed by atoms with E-state index >= 15 is 0 Å². The van der Waals surface area contributed by atoms with Crippen LogP contribution in [0.25, 0.3) is 0 Å². The van der Waals surface area contributed by atoms with E-state index in [0.717, 1.165) is 19.0 Å². The summed E-state index contributed by atoms with van der Waals surface area (Å²) in [7, 11) is 0. The zero-order valence-corrected chi connectivity index (χ0v) is 12.1. The predicted octanol–water partition coefficient (Wildman–Crippen LogP) is 2.58. The highest BCUT2D eigenvalue weighted by molar-refractivity contribution is 8.00. The topological polar surface area (TPSA) is 29.3 Å². The van der Waals surface area contributed by atoms with Gasteiger partial charge >= 0.3 is 0 Å². The molecule has 0 radical (unpaired) electrons. The second-order valence-corrected chi connectivity index (χ2v) is 6.57. The van der Waals surface area contributed by atoms with Crippen LogP contribution >= 0.6 is 11.8 Å². The van der Waals surface area contributed by atoms with E-state index < -0.39 is 0 Å². The molecule has 2 nitrogen and oxygen atoms in total. The number of rotatable bonds is 6.